The van der Waals surface area contributed by atoms with E-state index < -0.39 is 0 Å². The van der Waals surface area contributed by atoms with E-state index in [1.54, 1.807) is 22.3 Å². The number of hydrogen-bond donors (Lipinski definition) is 0. The van der Waals surface area contributed by atoms with Crippen molar-refractivity contribution in [3.05, 3.63) is 58.7 Å². The molecular formula is C18H22Hf-2. The van der Waals surface area contributed by atoms with Crippen molar-refractivity contribution in [1.29, 1.82) is 0 Å². The fourth-order valence-electron chi connectivity index (χ4n) is 3.23. The maximum absolute atomic E-state index is 2.26. The third kappa shape index (κ3) is 3.78. The van der Waals surface area contributed by atoms with Crippen molar-refractivity contribution in [1.82, 2.24) is 0 Å². The molecular weight excluding hydrogens is 395 g/mol. The molecule has 0 heterocycles. The summed E-state index contributed by atoms with van der Waals surface area (Å²) < 4.78 is 0. The molecule has 0 saturated carbocycles. The van der Waals surface area contributed by atoms with E-state index in [4.69, 9.17) is 0 Å². The van der Waals surface area contributed by atoms with Crippen LogP contribution in [0.4, 0.5) is 0 Å². The molecule has 2 aromatic rings. The first kappa shape index (κ1) is 15.0. The zero-order chi connectivity index (χ0) is 12.2. The number of rotatable bonds is 0. The van der Waals surface area contributed by atoms with Crippen LogP contribution < -0.4 is 0 Å². The van der Waals surface area contributed by atoms with Gasteiger partial charge in [0.05, 0.1) is 0 Å². The molecule has 2 aliphatic rings. The van der Waals surface area contributed by atoms with Crippen molar-refractivity contribution in [2.24, 2.45) is 0 Å². The van der Waals surface area contributed by atoms with Crippen molar-refractivity contribution < 1.29 is 25.8 Å². The van der Waals surface area contributed by atoms with Crippen LogP contribution in [0.5, 0.6) is 0 Å². The van der Waals surface area contributed by atoms with Crippen molar-refractivity contribution in [3.8, 4) is 0 Å². The van der Waals surface area contributed by atoms with Crippen LogP contribution in [0.2, 0.25) is 0 Å². The van der Waals surface area contributed by atoms with Crippen LogP contribution in [0.15, 0.2) is 36.4 Å². The van der Waals surface area contributed by atoms with E-state index in [9.17, 15) is 0 Å². The molecule has 0 radical (unpaired) electrons. The molecule has 1 heteroatoms. The Kier molecular flexibility index (Phi) is 5.81. The average Bonchev–Trinajstić information content (AvgIpc) is 3.08. The van der Waals surface area contributed by atoms with Crippen LogP contribution in [0.3, 0.4) is 0 Å². The van der Waals surface area contributed by atoms with Crippen LogP contribution in [0.1, 0.15) is 47.9 Å². The molecule has 0 aromatic heterocycles. The van der Waals surface area contributed by atoms with E-state index in [0.29, 0.717) is 0 Å². The van der Waals surface area contributed by atoms with E-state index in [1.807, 2.05) is 0 Å². The maximum Gasteiger partial charge on any atom is 0 e. The van der Waals surface area contributed by atoms with Gasteiger partial charge in [0.15, 0.2) is 0 Å². The van der Waals surface area contributed by atoms with Gasteiger partial charge in [-0.2, -0.15) is 46.5 Å². The summed E-state index contributed by atoms with van der Waals surface area (Å²) in [5.74, 6) is 0. The predicted octanol–water partition coefficient (Wildman–Crippen LogP) is 4.57. The minimum absolute atomic E-state index is 0. The van der Waals surface area contributed by atoms with Crippen LogP contribution in [-0.2, 0) is 51.5 Å². The Hall–Kier alpha value is -0.430. The Morgan fingerprint density at radius 2 is 1.05 bits per heavy atom. The summed E-state index contributed by atoms with van der Waals surface area (Å²) in [5.41, 5.74) is 6.39. The molecule has 100 valence electrons. The second kappa shape index (κ2) is 7.38. The SMILES string of the molecule is [Hf].c1cc2c([cH-]1)CCCC2.c1cc2c([cH-]1)CCCC2. The van der Waals surface area contributed by atoms with Gasteiger partial charge in [0.1, 0.15) is 0 Å². The van der Waals surface area contributed by atoms with Crippen molar-refractivity contribution in [2.45, 2.75) is 51.4 Å². The molecule has 4 rings (SSSR count). The average molecular weight is 417 g/mol. The van der Waals surface area contributed by atoms with Gasteiger partial charge in [-0.3, -0.25) is 0 Å². The van der Waals surface area contributed by atoms with Gasteiger partial charge in [0, 0.05) is 25.8 Å². The third-order valence-corrected chi connectivity index (χ3v) is 4.30. The molecule has 2 aromatic carbocycles. The van der Waals surface area contributed by atoms with Crippen LogP contribution >= 0.6 is 0 Å². The fraction of sp³-hybridized carbons (Fsp3) is 0.444. The Labute approximate surface area is 135 Å². The van der Waals surface area contributed by atoms with Crippen LogP contribution in [0.25, 0.3) is 0 Å². The van der Waals surface area contributed by atoms with E-state index in [1.165, 1.54) is 51.4 Å². The van der Waals surface area contributed by atoms with Gasteiger partial charge in [-0.1, -0.05) is 51.4 Å². The van der Waals surface area contributed by atoms with Gasteiger partial charge < -0.3 is 0 Å². The van der Waals surface area contributed by atoms with Gasteiger partial charge in [-0.25, -0.2) is 12.1 Å². The summed E-state index contributed by atoms with van der Waals surface area (Å²) in [6, 6.07) is 13.4. The van der Waals surface area contributed by atoms with E-state index in [0.717, 1.165) is 0 Å². The molecule has 0 N–H and O–H groups in total. The Morgan fingerprint density at radius 1 is 0.632 bits per heavy atom. The largest absolute Gasteiger partial charge is 0.210 e. The predicted molar refractivity (Wildman–Crippen MR) is 77.4 cm³/mol. The summed E-state index contributed by atoms with van der Waals surface area (Å²) >= 11 is 0. The Bertz CT molecular complexity index is 402. The number of fused-ring (bicyclic) bond motifs is 2. The molecule has 0 unspecified atom stereocenters. The topological polar surface area (TPSA) is 0 Å². The van der Waals surface area contributed by atoms with E-state index in [-0.39, 0.29) is 25.8 Å². The zero-order valence-electron chi connectivity index (χ0n) is 11.6. The summed E-state index contributed by atoms with van der Waals surface area (Å²) in [5, 5.41) is 0. The van der Waals surface area contributed by atoms with E-state index >= 15 is 0 Å². The van der Waals surface area contributed by atoms with Gasteiger partial charge in [0.25, 0.3) is 0 Å². The Morgan fingerprint density at radius 3 is 1.47 bits per heavy atom. The van der Waals surface area contributed by atoms with Crippen LogP contribution in [-0.4, -0.2) is 0 Å². The molecule has 19 heavy (non-hydrogen) atoms. The normalized spacial score (nSPS) is 16.4. The molecule has 0 spiro atoms. The minimum atomic E-state index is 0. The molecule has 2 aliphatic carbocycles. The molecule has 0 amide bonds. The van der Waals surface area contributed by atoms with Gasteiger partial charge in [0.2, 0.25) is 0 Å². The fourth-order valence-corrected chi connectivity index (χ4v) is 3.23. The maximum atomic E-state index is 2.26. The van der Waals surface area contributed by atoms with Gasteiger partial charge in [-0.15, -0.1) is 0 Å². The first-order valence-corrected chi connectivity index (χ1v) is 7.40. The molecule has 0 saturated heterocycles. The minimum Gasteiger partial charge on any atom is -0.210 e. The standard InChI is InChI=1S/2C9H11.Hf/c2*1-2-5-9-7-3-6-8(9)4-1;/h2*3,6-7H,1-2,4-5H2;/q2*-1;. The number of hydrogen-bond acceptors (Lipinski definition) is 0. The second-order valence-corrected chi connectivity index (χ2v) is 5.57. The molecule has 0 aliphatic heterocycles. The monoisotopic (exact) mass is 418 g/mol. The quantitative estimate of drug-likeness (QED) is 0.436. The molecule has 0 atom stereocenters. The summed E-state index contributed by atoms with van der Waals surface area (Å²) in [6.07, 6.45) is 10.9. The second-order valence-electron chi connectivity index (χ2n) is 5.57. The molecule has 0 fully saturated rings. The van der Waals surface area contributed by atoms with Gasteiger partial charge in [-0.05, 0) is 0 Å². The van der Waals surface area contributed by atoms with Crippen LogP contribution in [0, 0.1) is 0 Å². The first-order chi connectivity index (χ1) is 8.93. The zero-order valence-corrected chi connectivity index (χ0v) is 15.2. The van der Waals surface area contributed by atoms with Gasteiger partial charge >= 0.3 is 0 Å². The smallest absolute Gasteiger partial charge is 0 e. The van der Waals surface area contributed by atoms with E-state index in [2.05, 4.69) is 36.4 Å². The van der Waals surface area contributed by atoms with Crippen molar-refractivity contribution in [3.63, 3.8) is 0 Å². The van der Waals surface area contributed by atoms with Crippen molar-refractivity contribution in [2.75, 3.05) is 0 Å². The van der Waals surface area contributed by atoms with Crippen molar-refractivity contribution >= 4 is 0 Å². The third-order valence-electron chi connectivity index (χ3n) is 4.30. The number of aryl methyl sites for hydroxylation is 4. The first-order valence-electron chi connectivity index (χ1n) is 7.40. The summed E-state index contributed by atoms with van der Waals surface area (Å²) in [7, 11) is 0. The molecule has 0 bridgehead atoms. The summed E-state index contributed by atoms with van der Waals surface area (Å²) in [6.45, 7) is 0. The summed E-state index contributed by atoms with van der Waals surface area (Å²) in [4.78, 5) is 0. The molecule has 0 nitrogen and oxygen atoms in total. The Balaban J connectivity index is 0.000000133.